The van der Waals surface area contributed by atoms with E-state index in [1.54, 1.807) is 0 Å². The number of ether oxygens (including phenoxy) is 3. The highest BCUT2D eigenvalue weighted by Crippen LogP contribution is 2.18. The van der Waals surface area contributed by atoms with E-state index in [0.717, 1.165) is 103 Å². The summed E-state index contributed by atoms with van der Waals surface area (Å²) in [5.41, 5.74) is 0. The zero-order chi connectivity index (χ0) is 59.2. The average Bonchev–Trinajstić information content (AvgIpc) is 3.47. The van der Waals surface area contributed by atoms with Crippen LogP contribution in [-0.2, 0) is 28.6 Å². The number of hydrogen-bond acceptors (Lipinski definition) is 6. The Hall–Kier alpha value is -3.41. The van der Waals surface area contributed by atoms with Gasteiger partial charge in [0.05, 0.1) is 0 Å². The molecule has 0 rings (SSSR count). The molecule has 0 bridgehead atoms. The molecule has 0 aromatic rings. The molecule has 0 fully saturated rings. The molecular weight excluding hydrogens is 1010 g/mol. The Morgan fingerprint density at radius 2 is 0.476 bits per heavy atom. The zero-order valence-corrected chi connectivity index (χ0v) is 54.5. The van der Waals surface area contributed by atoms with Crippen LogP contribution in [0.2, 0.25) is 0 Å². The molecule has 0 spiro atoms. The number of carbonyl (C=O) groups is 3. The molecule has 474 valence electrons. The summed E-state index contributed by atoms with van der Waals surface area (Å²) in [4.78, 5) is 38.5. The minimum Gasteiger partial charge on any atom is -0.462 e. The number of allylic oxidation sites excluding steroid dienone is 14. The maximum absolute atomic E-state index is 13.0. The Labute approximate surface area is 509 Å². The van der Waals surface area contributed by atoms with E-state index < -0.39 is 6.10 Å². The van der Waals surface area contributed by atoms with Crippen molar-refractivity contribution in [2.24, 2.45) is 0 Å². The summed E-state index contributed by atoms with van der Waals surface area (Å²) in [7, 11) is 0. The van der Waals surface area contributed by atoms with Gasteiger partial charge in [-0.3, -0.25) is 14.4 Å². The van der Waals surface area contributed by atoms with Gasteiger partial charge in [0, 0.05) is 19.3 Å². The molecule has 82 heavy (non-hydrogen) atoms. The average molecular weight is 1140 g/mol. The second-order valence-electron chi connectivity index (χ2n) is 23.8. The third-order valence-corrected chi connectivity index (χ3v) is 15.6. The molecule has 0 aliphatic carbocycles. The second-order valence-corrected chi connectivity index (χ2v) is 23.8. The number of carbonyl (C=O) groups excluding carboxylic acids is 3. The highest BCUT2D eigenvalue weighted by atomic mass is 16.6. The van der Waals surface area contributed by atoms with Gasteiger partial charge in [-0.05, 0) is 96.3 Å². The maximum Gasteiger partial charge on any atom is 0.306 e. The van der Waals surface area contributed by atoms with E-state index in [4.69, 9.17) is 14.2 Å². The van der Waals surface area contributed by atoms with Gasteiger partial charge in [0.1, 0.15) is 13.2 Å². The molecule has 0 aromatic carbocycles. The lowest BCUT2D eigenvalue weighted by Gasteiger charge is -2.18. The van der Waals surface area contributed by atoms with Crippen molar-refractivity contribution < 1.29 is 28.6 Å². The zero-order valence-electron chi connectivity index (χ0n) is 54.5. The van der Waals surface area contributed by atoms with Crippen molar-refractivity contribution >= 4 is 17.9 Å². The van der Waals surface area contributed by atoms with Crippen LogP contribution in [0.4, 0.5) is 0 Å². The normalized spacial score (nSPS) is 12.6. The molecule has 0 N–H and O–H groups in total. The Morgan fingerprint density at radius 1 is 0.256 bits per heavy atom. The molecular formula is C76H134O6. The number of hydrogen-bond donors (Lipinski definition) is 0. The first-order chi connectivity index (χ1) is 40.5. The minimum absolute atomic E-state index is 0.0771. The highest BCUT2D eigenvalue weighted by molar-refractivity contribution is 5.71. The van der Waals surface area contributed by atoms with Gasteiger partial charge in [-0.15, -0.1) is 0 Å². The van der Waals surface area contributed by atoms with Crippen LogP contribution in [0.5, 0.6) is 0 Å². The van der Waals surface area contributed by atoms with Crippen molar-refractivity contribution in [1.82, 2.24) is 0 Å². The molecule has 0 saturated heterocycles. The van der Waals surface area contributed by atoms with Crippen LogP contribution in [-0.4, -0.2) is 37.2 Å². The topological polar surface area (TPSA) is 78.9 Å². The van der Waals surface area contributed by atoms with E-state index in [1.807, 2.05) is 0 Å². The summed E-state index contributed by atoms with van der Waals surface area (Å²) in [5.74, 6) is -0.868. The summed E-state index contributed by atoms with van der Waals surface area (Å²) in [6.07, 6.45) is 93.1. The lowest BCUT2D eigenvalue weighted by molar-refractivity contribution is -0.167. The molecule has 6 nitrogen and oxygen atoms in total. The monoisotopic (exact) mass is 1140 g/mol. The molecule has 0 aromatic heterocycles. The molecule has 0 radical (unpaired) electrons. The highest BCUT2D eigenvalue weighted by Gasteiger charge is 2.19. The van der Waals surface area contributed by atoms with Crippen molar-refractivity contribution in [3.8, 4) is 0 Å². The first-order valence-corrected chi connectivity index (χ1v) is 35.6. The summed E-state index contributed by atoms with van der Waals surface area (Å²) >= 11 is 0. The molecule has 0 aliphatic rings. The third kappa shape index (κ3) is 67.4. The van der Waals surface area contributed by atoms with Crippen LogP contribution in [0.25, 0.3) is 0 Å². The summed E-state index contributed by atoms with van der Waals surface area (Å²) in [6.45, 7) is 6.56. The molecule has 1 unspecified atom stereocenters. The molecule has 1 atom stereocenters. The van der Waals surface area contributed by atoms with Crippen molar-refractivity contribution in [3.63, 3.8) is 0 Å². The van der Waals surface area contributed by atoms with Crippen molar-refractivity contribution in [3.05, 3.63) is 85.1 Å². The standard InChI is InChI=1S/C76H134O6/c1-4-7-10-13-16-19-22-25-28-31-34-36-38-40-42-45-48-51-54-57-60-63-66-69-75(78)81-72-73(71-80-74(77)68-65-62-59-56-53-50-47-44-33-30-27-24-21-18-15-12-9-6-3)82-76(79)70-67-64-61-58-55-52-49-46-43-41-39-37-35-32-29-26-23-20-17-14-11-8-5-2/h7,10,16,19,23,25-26,28,32,34-36,39,41,73H,4-6,8-9,11-15,17-18,20-22,24,27,29-31,33,37-38,40,42-72H2,1-3H3/b10-7-,19-16-,26-23-,28-25-,35-32-,36-34-,41-39-. The van der Waals surface area contributed by atoms with Crippen LogP contribution >= 0.6 is 0 Å². The number of rotatable bonds is 65. The Morgan fingerprint density at radius 3 is 0.744 bits per heavy atom. The molecule has 6 heteroatoms. The first-order valence-electron chi connectivity index (χ1n) is 35.6. The Bertz CT molecular complexity index is 1550. The number of esters is 3. The lowest BCUT2D eigenvalue weighted by Crippen LogP contribution is -2.30. The van der Waals surface area contributed by atoms with Gasteiger partial charge in [-0.25, -0.2) is 0 Å². The van der Waals surface area contributed by atoms with E-state index in [9.17, 15) is 14.4 Å². The fourth-order valence-electron chi connectivity index (χ4n) is 10.3. The SMILES string of the molecule is CC/C=C\C/C=C\C/C=C\C/C=C\CCCCCCCCCCCCC(=O)OCC(COC(=O)CCCCCCCCCCCCCCCCCCCC)OC(=O)CCCCCCCCCC/C=C\C/C=C\C/C=C\CCCCCCC. The Balaban J connectivity index is 4.37. The predicted octanol–water partition coefficient (Wildman–Crippen LogP) is 24.6. The van der Waals surface area contributed by atoms with E-state index in [-0.39, 0.29) is 31.1 Å². The van der Waals surface area contributed by atoms with Crippen molar-refractivity contribution in [2.45, 2.75) is 367 Å². The van der Waals surface area contributed by atoms with Crippen molar-refractivity contribution in [1.29, 1.82) is 0 Å². The summed E-state index contributed by atoms with van der Waals surface area (Å²) in [5, 5.41) is 0. The summed E-state index contributed by atoms with van der Waals surface area (Å²) < 4.78 is 17.0. The molecule has 0 heterocycles. The van der Waals surface area contributed by atoms with Gasteiger partial charge < -0.3 is 14.2 Å². The fourth-order valence-corrected chi connectivity index (χ4v) is 10.3. The summed E-state index contributed by atoms with van der Waals surface area (Å²) in [6, 6.07) is 0. The van der Waals surface area contributed by atoms with Gasteiger partial charge >= 0.3 is 17.9 Å². The van der Waals surface area contributed by atoms with Gasteiger partial charge in [0.15, 0.2) is 6.10 Å². The van der Waals surface area contributed by atoms with E-state index in [1.165, 1.54) is 218 Å². The lowest BCUT2D eigenvalue weighted by atomic mass is 10.0. The maximum atomic E-state index is 13.0. The smallest absolute Gasteiger partial charge is 0.306 e. The van der Waals surface area contributed by atoms with E-state index in [2.05, 4.69) is 106 Å². The van der Waals surface area contributed by atoms with Gasteiger partial charge in [-0.2, -0.15) is 0 Å². The molecule has 0 amide bonds. The van der Waals surface area contributed by atoms with Gasteiger partial charge in [0.2, 0.25) is 0 Å². The Kier molecular flexibility index (Phi) is 67.2. The van der Waals surface area contributed by atoms with Gasteiger partial charge in [0.25, 0.3) is 0 Å². The second kappa shape index (κ2) is 70.1. The van der Waals surface area contributed by atoms with E-state index in [0.29, 0.717) is 19.3 Å². The van der Waals surface area contributed by atoms with Crippen molar-refractivity contribution in [2.75, 3.05) is 13.2 Å². The van der Waals surface area contributed by atoms with Crippen LogP contribution in [0.1, 0.15) is 361 Å². The first kappa shape index (κ1) is 78.6. The third-order valence-electron chi connectivity index (χ3n) is 15.6. The molecule has 0 aliphatic heterocycles. The van der Waals surface area contributed by atoms with E-state index >= 15 is 0 Å². The van der Waals surface area contributed by atoms with Crippen LogP contribution in [0.3, 0.4) is 0 Å². The largest absolute Gasteiger partial charge is 0.462 e. The molecule has 0 saturated carbocycles. The van der Waals surface area contributed by atoms with Crippen LogP contribution in [0.15, 0.2) is 85.1 Å². The van der Waals surface area contributed by atoms with Crippen LogP contribution < -0.4 is 0 Å². The van der Waals surface area contributed by atoms with Gasteiger partial charge in [-0.1, -0.05) is 331 Å². The number of unbranched alkanes of at least 4 members (excludes halogenated alkanes) is 40. The van der Waals surface area contributed by atoms with Crippen LogP contribution in [0, 0.1) is 0 Å². The fraction of sp³-hybridized carbons (Fsp3) is 0.776. The minimum atomic E-state index is -0.784. The predicted molar refractivity (Wildman–Crippen MR) is 358 cm³/mol. The quantitative estimate of drug-likeness (QED) is 0.0261.